The molecule has 162 valence electrons. The first-order valence-corrected chi connectivity index (χ1v) is 9.41. The van der Waals surface area contributed by atoms with Crippen molar-refractivity contribution in [2.24, 2.45) is 0 Å². The summed E-state index contributed by atoms with van der Waals surface area (Å²) in [6.45, 7) is 1.78. The van der Waals surface area contributed by atoms with Crippen molar-refractivity contribution in [1.29, 1.82) is 0 Å². The topological polar surface area (TPSA) is 60.9 Å². The van der Waals surface area contributed by atoms with E-state index in [2.05, 4.69) is 4.98 Å². The molecule has 1 atom stereocenters. The normalized spacial score (nSPS) is 15.7. The predicted molar refractivity (Wildman–Crippen MR) is 108 cm³/mol. The fraction of sp³-hybridized carbons (Fsp3) is 0.273. The fourth-order valence-corrected chi connectivity index (χ4v) is 3.76. The molecule has 0 spiro atoms. The number of fused-ring (bicyclic) bond motifs is 3. The Morgan fingerprint density at radius 2 is 1.71 bits per heavy atom. The predicted octanol–water partition coefficient (Wildman–Crippen LogP) is 4.69. The van der Waals surface area contributed by atoms with Gasteiger partial charge in [0.05, 0.1) is 25.4 Å². The van der Waals surface area contributed by atoms with Crippen LogP contribution >= 0.6 is 0 Å². The molecule has 3 aromatic rings. The Balaban J connectivity index is 1.90. The average molecular weight is 432 g/mol. The van der Waals surface area contributed by atoms with E-state index in [1.165, 1.54) is 14.2 Å². The molecule has 0 saturated heterocycles. The van der Waals surface area contributed by atoms with E-state index in [4.69, 9.17) is 14.2 Å². The van der Waals surface area contributed by atoms with Crippen LogP contribution in [0.4, 0.5) is 24.5 Å². The van der Waals surface area contributed by atoms with Crippen molar-refractivity contribution in [3.63, 3.8) is 0 Å². The molecule has 6 nitrogen and oxygen atoms in total. The number of carbonyl (C=O) groups excluding carboxylic acids is 1. The van der Waals surface area contributed by atoms with Crippen molar-refractivity contribution in [3.05, 3.63) is 53.7 Å². The molecule has 1 unspecified atom stereocenters. The van der Waals surface area contributed by atoms with Crippen molar-refractivity contribution in [1.82, 2.24) is 4.98 Å². The molecular formula is C22H19F3N2O4. The smallest absolute Gasteiger partial charge is 0.491 e. The molecule has 2 aromatic carbocycles. The lowest BCUT2D eigenvalue weighted by molar-refractivity contribution is -0.204. The molecule has 0 radical (unpaired) electrons. The number of carbonyl (C=O) groups is 1. The van der Waals surface area contributed by atoms with Gasteiger partial charge in [0.1, 0.15) is 11.5 Å². The molecular weight excluding hydrogens is 413 g/mol. The highest BCUT2D eigenvalue weighted by atomic mass is 19.4. The summed E-state index contributed by atoms with van der Waals surface area (Å²) in [7, 11) is 3.04. The second-order valence-corrected chi connectivity index (χ2v) is 7.04. The lowest BCUT2D eigenvalue weighted by Gasteiger charge is -2.28. The van der Waals surface area contributed by atoms with Gasteiger partial charge in [-0.1, -0.05) is 0 Å². The van der Waals surface area contributed by atoms with E-state index in [1.807, 2.05) is 0 Å². The number of alkyl halides is 3. The maximum atomic E-state index is 13.0. The molecule has 0 N–H and O–H groups in total. The first-order chi connectivity index (χ1) is 14.7. The van der Waals surface area contributed by atoms with Crippen LogP contribution in [0.5, 0.6) is 11.5 Å². The number of benzene rings is 2. The number of methoxy groups -OCH3 is 2. The van der Waals surface area contributed by atoms with Crippen molar-refractivity contribution < 1.29 is 32.2 Å². The number of ether oxygens (including phenoxy) is 3. The molecule has 2 heterocycles. The fourth-order valence-electron chi connectivity index (χ4n) is 3.76. The summed E-state index contributed by atoms with van der Waals surface area (Å²) >= 11 is 0. The number of pyridine rings is 1. The molecule has 0 saturated carbocycles. The molecule has 1 aromatic heterocycles. The molecule has 0 bridgehead atoms. The second kappa shape index (κ2) is 7.64. The summed E-state index contributed by atoms with van der Waals surface area (Å²) in [5.41, 5.74) is 3.19. The number of aryl methyl sites for hydroxylation is 1. The maximum absolute atomic E-state index is 13.0. The van der Waals surface area contributed by atoms with Crippen LogP contribution in [0.2, 0.25) is 0 Å². The van der Waals surface area contributed by atoms with E-state index in [-0.39, 0.29) is 6.42 Å². The van der Waals surface area contributed by atoms with Gasteiger partial charge < -0.3 is 19.1 Å². The van der Waals surface area contributed by atoms with Crippen LogP contribution < -0.4 is 14.4 Å². The van der Waals surface area contributed by atoms with Crippen LogP contribution in [0.25, 0.3) is 10.9 Å². The zero-order chi connectivity index (χ0) is 22.3. The van der Waals surface area contributed by atoms with E-state index in [1.54, 1.807) is 54.3 Å². The van der Waals surface area contributed by atoms with Crippen LogP contribution in [0.3, 0.4) is 0 Å². The van der Waals surface area contributed by atoms with Crippen molar-refractivity contribution >= 4 is 28.2 Å². The number of hydrogen-bond acceptors (Lipinski definition) is 6. The van der Waals surface area contributed by atoms with Gasteiger partial charge in [0, 0.05) is 28.8 Å². The van der Waals surface area contributed by atoms with Crippen molar-refractivity contribution in [2.45, 2.75) is 25.7 Å². The Kier molecular flexibility index (Phi) is 5.12. The minimum absolute atomic E-state index is 0.0646. The van der Waals surface area contributed by atoms with Gasteiger partial charge in [-0.3, -0.25) is 4.98 Å². The number of halogens is 3. The summed E-state index contributed by atoms with van der Waals surface area (Å²) in [5, 5.41) is 0.682. The lowest BCUT2D eigenvalue weighted by Crippen LogP contribution is -2.37. The molecule has 0 aliphatic carbocycles. The highest BCUT2D eigenvalue weighted by molar-refractivity contribution is 5.98. The first kappa shape index (κ1) is 20.8. The van der Waals surface area contributed by atoms with Gasteiger partial charge in [-0.15, -0.1) is 0 Å². The van der Waals surface area contributed by atoms with E-state index >= 15 is 0 Å². The third-order valence-corrected chi connectivity index (χ3v) is 5.20. The van der Waals surface area contributed by atoms with Gasteiger partial charge >= 0.3 is 12.1 Å². The quantitative estimate of drug-likeness (QED) is 0.558. The first-order valence-electron chi connectivity index (χ1n) is 9.41. The Morgan fingerprint density at radius 3 is 2.32 bits per heavy atom. The molecule has 31 heavy (non-hydrogen) atoms. The van der Waals surface area contributed by atoms with Crippen LogP contribution in [0.15, 0.2) is 42.5 Å². The van der Waals surface area contributed by atoms with E-state index < -0.39 is 18.4 Å². The summed E-state index contributed by atoms with van der Waals surface area (Å²) in [6.07, 6.45) is -6.22. The van der Waals surface area contributed by atoms with E-state index in [0.717, 1.165) is 0 Å². The third kappa shape index (κ3) is 3.71. The standard InChI is InChI=1S/C22H19F3N2O4/c1-12-16-11-19(31-21(28)22(23,24)25)27(13-4-6-14(29-2)7-5-13)20(16)17-10-15(30-3)8-9-18(17)26-12/h4-10,19H,11H2,1-3H3. The zero-order valence-corrected chi connectivity index (χ0v) is 17.0. The minimum Gasteiger partial charge on any atom is -0.497 e. The van der Waals surface area contributed by atoms with Gasteiger partial charge in [-0.2, -0.15) is 13.2 Å². The summed E-state index contributed by atoms with van der Waals surface area (Å²) in [5.74, 6) is -1.08. The molecule has 1 aliphatic rings. The Morgan fingerprint density at radius 1 is 1.06 bits per heavy atom. The van der Waals surface area contributed by atoms with E-state index in [9.17, 15) is 18.0 Å². The lowest BCUT2D eigenvalue weighted by atomic mass is 10.1. The summed E-state index contributed by atoms with van der Waals surface area (Å²) < 4.78 is 54.3. The largest absolute Gasteiger partial charge is 0.497 e. The van der Waals surface area contributed by atoms with Gasteiger partial charge in [-0.05, 0) is 49.4 Å². The van der Waals surface area contributed by atoms with Gasteiger partial charge in [-0.25, -0.2) is 4.79 Å². The van der Waals surface area contributed by atoms with Gasteiger partial charge in [0.2, 0.25) is 0 Å². The second-order valence-electron chi connectivity index (χ2n) is 7.04. The average Bonchev–Trinajstić information content (AvgIpc) is 3.13. The maximum Gasteiger partial charge on any atom is 0.491 e. The number of rotatable bonds is 4. The number of aromatic nitrogens is 1. The third-order valence-electron chi connectivity index (χ3n) is 5.20. The Hall–Kier alpha value is -3.49. The molecule has 0 fully saturated rings. The summed E-state index contributed by atoms with van der Waals surface area (Å²) in [6, 6.07) is 12.1. The van der Waals surface area contributed by atoms with Crippen molar-refractivity contribution in [2.75, 3.05) is 19.1 Å². The number of nitrogens with zero attached hydrogens (tertiary/aromatic N) is 2. The number of anilines is 2. The SMILES string of the molecule is COc1ccc(N2c3c(c(C)nc4ccc(OC)cc34)CC2OC(=O)C(F)(F)F)cc1. The van der Waals surface area contributed by atoms with Gasteiger partial charge in [0.15, 0.2) is 6.23 Å². The van der Waals surface area contributed by atoms with Crippen molar-refractivity contribution in [3.8, 4) is 11.5 Å². The summed E-state index contributed by atoms with van der Waals surface area (Å²) in [4.78, 5) is 17.8. The van der Waals surface area contributed by atoms with Crippen LogP contribution in [-0.4, -0.2) is 37.6 Å². The molecule has 9 heteroatoms. The Labute approximate surface area is 176 Å². The molecule has 1 aliphatic heterocycles. The monoisotopic (exact) mass is 432 g/mol. The van der Waals surface area contributed by atoms with Crippen LogP contribution in [0, 0.1) is 6.92 Å². The van der Waals surface area contributed by atoms with Crippen LogP contribution in [0.1, 0.15) is 11.3 Å². The Bertz CT molecular complexity index is 1150. The number of hydrogen-bond donors (Lipinski definition) is 0. The van der Waals surface area contributed by atoms with Crippen LogP contribution in [-0.2, 0) is 16.0 Å². The molecule has 4 rings (SSSR count). The van der Waals surface area contributed by atoms with E-state index in [0.29, 0.717) is 45.0 Å². The van der Waals surface area contributed by atoms with Gasteiger partial charge in [0.25, 0.3) is 0 Å². The zero-order valence-electron chi connectivity index (χ0n) is 17.0. The number of esters is 1. The highest BCUT2D eigenvalue weighted by Gasteiger charge is 2.45. The highest BCUT2D eigenvalue weighted by Crippen LogP contribution is 2.45. The minimum atomic E-state index is -5.10. The molecule has 0 amide bonds.